The van der Waals surface area contributed by atoms with E-state index in [1.54, 1.807) is 6.92 Å². The predicted octanol–water partition coefficient (Wildman–Crippen LogP) is 5.22. The van der Waals surface area contributed by atoms with Crippen molar-refractivity contribution in [1.82, 2.24) is 0 Å². The van der Waals surface area contributed by atoms with Gasteiger partial charge in [-0.1, -0.05) is 24.3 Å². The van der Waals surface area contributed by atoms with Gasteiger partial charge in [0.15, 0.2) is 0 Å². The smallest absolute Gasteiger partial charge is 0.342 e. The predicted molar refractivity (Wildman–Crippen MR) is 104 cm³/mol. The van der Waals surface area contributed by atoms with Gasteiger partial charge in [0.1, 0.15) is 29.1 Å². The maximum Gasteiger partial charge on any atom is 0.342 e. The second kappa shape index (κ2) is 9.13. The van der Waals surface area contributed by atoms with Crippen molar-refractivity contribution in [3.05, 3.63) is 105 Å². The minimum Gasteiger partial charge on any atom is -0.480 e. The number of halogens is 2. The maximum absolute atomic E-state index is 13.4. The quantitative estimate of drug-likeness (QED) is 0.302. The lowest BCUT2D eigenvalue weighted by molar-refractivity contribution is -0.384. The third-order valence-electron chi connectivity index (χ3n) is 4.26. The van der Waals surface area contributed by atoms with Gasteiger partial charge in [-0.15, -0.1) is 0 Å². The zero-order valence-electron chi connectivity index (χ0n) is 15.9. The average molecular weight is 413 g/mol. The molecule has 0 radical (unpaired) electrons. The Kier molecular flexibility index (Phi) is 6.36. The fourth-order valence-corrected chi connectivity index (χ4v) is 2.83. The van der Waals surface area contributed by atoms with E-state index in [2.05, 4.69) is 0 Å². The van der Waals surface area contributed by atoms with Crippen LogP contribution in [0.3, 0.4) is 0 Å². The first kappa shape index (κ1) is 20.9. The summed E-state index contributed by atoms with van der Waals surface area (Å²) in [6, 6.07) is 14.5. The highest BCUT2D eigenvalue weighted by molar-refractivity contribution is 5.93. The molecule has 3 aromatic rings. The molecule has 3 rings (SSSR count). The molecule has 0 fully saturated rings. The first-order valence-corrected chi connectivity index (χ1v) is 9.02. The number of hydrogen-bond donors (Lipinski definition) is 0. The normalized spacial score (nSPS) is 10.7. The molecular formula is C22H17F2NO5. The molecule has 0 heterocycles. The average Bonchev–Trinajstić information content (AvgIpc) is 2.73. The number of nitrogens with zero attached hydrogens (tertiary/aromatic N) is 1. The van der Waals surface area contributed by atoms with Crippen LogP contribution in [0.5, 0.6) is 5.75 Å². The number of ether oxygens (including phenoxy) is 2. The summed E-state index contributed by atoms with van der Waals surface area (Å²) in [5, 5.41) is 11.1. The van der Waals surface area contributed by atoms with Gasteiger partial charge in [-0.3, -0.25) is 10.1 Å². The van der Waals surface area contributed by atoms with Gasteiger partial charge in [-0.05, 0) is 48.4 Å². The zero-order chi connectivity index (χ0) is 21.7. The van der Waals surface area contributed by atoms with Gasteiger partial charge in [-0.2, -0.15) is 0 Å². The second-order valence-electron chi connectivity index (χ2n) is 6.26. The lowest BCUT2D eigenvalue weighted by Gasteiger charge is -2.21. The molecule has 154 valence electrons. The second-order valence-corrected chi connectivity index (χ2v) is 6.26. The molecular weight excluding hydrogens is 396 g/mol. The molecule has 3 aromatic carbocycles. The first-order chi connectivity index (χ1) is 14.4. The van der Waals surface area contributed by atoms with E-state index in [0.29, 0.717) is 11.1 Å². The number of rotatable bonds is 7. The van der Waals surface area contributed by atoms with Crippen LogP contribution in [0.15, 0.2) is 66.7 Å². The molecule has 0 N–H and O–H groups in total. The summed E-state index contributed by atoms with van der Waals surface area (Å²) in [6.07, 6.45) is -0.833. The number of carbonyl (C=O) groups excluding carboxylic acids is 1. The van der Waals surface area contributed by atoms with Crippen molar-refractivity contribution in [3.8, 4) is 5.75 Å². The summed E-state index contributed by atoms with van der Waals surface area (Å²) in [6.45, 7) is 1.68. The molecule has 30 heavy (non-hydrogen) atoms. The molecule has 6 nitrogen and oxygen atoms in total. The standard InChI is InChI=1S/C22H17F2NO5/c1-2-29-22(26)19-13-18(25(27)28)11-12-20(19)30-21(14-3-7-16(23)8-4-14)15-5-9-17(24)10-6-15/h3-13,21H,2H2,1H3. The number of non-ortho nitro benzene ring substituents is 1. The molecule has 0 atom stereocenters. The fourth-order valence-electron chi connectivity index (χ4n) is 2.83. The number of hydrogen-bond acceptors (Lipinski definition) is 5. The lowest BCUT2D eigenvalue weighted by atomic mass is 10.0. The van der Waals surface area contributed by atoms with Crippen LogP contribution in [0.25, 0.3) is 0 Å². The van der Waals surface area contributed by atoms with Crippen molar-refractivity contribution in [2.75, 3.05) is 6.61 Å². The maximum atomic E-state index is 13.4. The summed E-state index contributed by atoms with van der Waals surface area (Å²) in [5.41, 5.74) is 0.651. The van der Waals surface area contributed by atoms with E-state index >= 15 is 0 Å². The molecule has 0 bridgehead atoms. The van der Waals surface area contributed by atoms with Gasteiger partial charge in [0.25, 0.3) is 5.69 Å². The highest BCUT2D eigenvalue weighted by Gasteiger charge is 2.23. The fraction of sp³-hybridized carbons (Fsp3) is 0.136. The van der Waals surface area contributed by atoms with Crippen molar-refractivity contribution in [2.45, 2.75) is 13.0 Å². The zero-order valence-corrected chi connectivity index (χ0v) is 15.9. The van der Waals surface area contributed by atoms with Crippen LogP contribution in [0.4, 0.5) is 14.5 Å². The van der Waals surface area contributed by atoms with Crippen molar-refractivity contribution in [3.63, 3.8) is 0 Å². The summed E-state index contributed by atoms with van der Waals surface area (Å²) in [5.74, 6) is -1.64. The van der Waals surface area contributed by atoms with E-state index in [1.807, 2.05) is 0 Å². The molecule has 0 saturated heterocycles. The molecule has 0 unspecified atom stereocenters. The molecule has 0 aliphatic carbocycles. The van der Waals surface area contributed by atoms with Crippen LogP contribution in [-0.4, -0.2) is 17.5 Å². The number of esters is 1. The number of nitro benzene ring substituents is 1. The van der Waals surface area contributed by atoms with Crippen LogP contribution >= 0.6 is 0 Å². The monoisotopic (exact) mass is 413 g/mol. The van der Waals surface area contributed by atoms with Gasteiger partial charge >= 0.3 is 5.97 Å². The number of carbonyl (C=O) groups is 1. The summed E-state index contributed by atoms with van der Waals surface area (Å²) < 4.78 is 37.8. The van der Waals surface area contributed by atoms with E-state index in [9.17, 15) is 23.7 Å². The van der Waals surface area contributed by atoms with Gasteiger partial charge in [-0.25, -0.2) is 13.6 Å². The Morgan fingerprint density at radius 2 is 1.50 bits per heavy atom. The molecule has 8 heteroatoms. The first-order valence-electron chi connectivity index (χ1n) is 9.02. The molecule has 0 aliphatic heterocycles. The molecule has 0 saturated carbocycles. The SMILES string of the molecule is CCOC(=O)c1cc([N+](=O)[O-])ccc1OC(c1ccc(F)cc1)c1ccc(F)cc1. The van der Waals surface area contributed by atoms with Crippen LogP contribution in [0.2, 0.25) is 0 Å². The van der Waals surface area contributed by atoms with Crippen LogP contribution in [0, 0.1) is 21.7 Å². The van der Waals surface area contributed by atoms with E-state index in [1.165, 1.54) is 60.7 Å². The summed E-state index contributed by atoms with van der Waals surface area (Å²) in [4.78, 5) is 22.8. The highest BCUT2D eigenvalue weighted by atomic mass is 19.1. The van der Waals surface area contributed by atoms with Gasteiger partial charge in [0.05, 0.1) is 11.5 Å². The Morgan fingerprint density at radius 3 is 1.97 bits per heavy atom. The number of nitro groups is 1. The molecule has 0 spiro atoms. The Balaban J connectivity index is 2.07. The Labute approximate surface area is 170 Å². The third-order valence-corrected chi connectivity index (χ3v) is 4.26. The van der Waals surface area contributed by atoms with E-state index in [-0.39, 0.29) is 23.6 Å². The number of benzene rings is 3. The minimum atomic E-state index is -0.833. The Hall–Kier alpha value is -3.81. The molecule has 0 amide bonds. The lowest BCUT2D eigenvalue weighted by Crippen LogP contribution is -2.14. The van der Waals surface area contributed by atoms with Crippen molar-refractivity contribution in [2.24, 2.45) is 0 Å². The summed E-state index contributed by atoms with van der Waals surface area (Å²) >= 11 is 0. The molecule has 0 aromatic heterocycles. The van der Waals surface area contributed by atoms with Gasteiger partial charge in [0, 0.05) is 12.1 Å². The largest absolute Gasteiger partial charge is 0.480 e. The van der Waals surface area contributed by atoms with Crippen LogP contribution in [-0.2, 0) is 4.74 Å². The highest BCUT2D eigenvalue weighted by Crippen LogP contribution is 2.33. The van der Waals surface area contributed by atoms with Crippen molar-refractivity contribution >= 4 is 11.7 Å². The van der Waals surface area contributed by atoms with Crippen molar-refractivity contribution < 1.29 is 28.0 Å². The Bertz CT molecular complexity index is 1010. The Morgan fingerprint density at radius 1 is 0.967 bits per heavy atom. The van der Waals surface area contributed by atoms with Crippen LogP contribution in [0.1, 0.15) is 34.5 Å². The third kappa shape index (κ3) is 4.78. The topological polar surface area (TPSA) is 78.7 Å². The van der Waals surface area contributed by atoms with Crippen LogP contribution < -0.4 is 4.74 Å². The molecule has 0 aliphatic rings. The van der Waals surface area contributed by atoms with Gasteiger partial charge < -0.3 is 9.47 Å². The van der Waals surface area contributed by atoms with Gasteiger partial charge in [0.2, 0.25) is 0 Å². The van der Waals surface area contributed by atoms with E-state index < -0.39 is 28.6 Å². The minimum absolute atomic E-state index is 0.0395. The summed E-state index contributed by atoms with van der Waals surface area (Å²) in [7, 11) is 0. The van der Waals surface area contributed by atoms with Crippen molar-refractivity contribution in [1.29, 1.82) is 0 Å². The van der Waals surface area contributed by atoms with E-state index in [4.69, 9.17) is 9.47 Å². The van der Waals surface area contributed by atoms with E-state index in [0.717, 1.165) is 6.07 Å².